The Kier molecular flexibility index (Phi) is 1.71. The number of carboxylic acid groups (broad SMARTS) is 1. The second-order valence-corrected chi connectivity index (χ2v) is 5.35. The van der Waals surface area contributed by atoms with Crippen LogP contribution in [0.3, 0.4) is 0 Å². The lowest BCUT2D eigenvalue weighted by Crippen LogP contribution is -2.47. The van der Waals surface area contributed by atoms with Crippen LogP contribution in [0.15, 0.2) is 11.3 Å². The summed E-state index contributed by atoms with van der Waals surface area (Å²) in [7, 11) is 1.72. The van der Waals surface area contributed by atoms with E-state index < -0.39 is 11.4 Å². The number of carbonyl (C=O) groups is 1. The predicted molar refractivity (Wildman–Crippen MR) is 54.2 cm³/mol. The molecule has 3 heteroatoms. The zero-order chi connectivity index (χ0) is 10.6. The van der Waals surface area contributed by atoms with E-state index in [2.05, 4.69) is 0 Å². The Bertz CT molecular complexity index is 358. The molecule has 15 heavy (non-hydrogen) atoms. The highest BCUT2D eigenvalue weighted by atomic mass is 16.5. The molecule has 4 aliphatic rings. The summed E-state index contributed by atoms with van der Waals surface area (Å²) in [6.07, 6.45) is 4.64. The number of rotatable bonds is 2. The van der Waals surface area contributed by atoms with Gasteiger partial charge < -0.3 is 9.84 Å². The zero-order valence-corrected chi connectivity index (χ0v) is 8.95. The molecule has 0 saturated heterocycles. The summed E-state index contributed by atoms with van der Waals surface area (Å²) in [6, 6.07) is 0. The van der Waals surface area contributed by atoms with Gasteiger partial charge in [0.15, 0.2) is 0 Å². The lowest BCUT2D eigenvalue weighted by atomic mass is 9.53. The van der Waals surface area contributed by atoms with Gasteiger partial charge in [-0.2, -0.15) is 0 Å². The molecule has 0 aromatic carbocycles. The number of aliphatic carboxylic acids is 1. The van der Waals surface area contributed by atoms with Gasteiger partial charge in [-0.3, -0.25) is 4.79 Å². The van der Waals surface area contributed by atoms with E-state index in [4.69, 9.17) is 4.74 Å². The molecule has 4 rings (SSSR count). The molecule has 0 unspecified atom stereocenters. The molecule has 3 atom stereocenters. The maximum Gasteiger partial charge on any atom is 0.309 e. The summed E-state index contributed by atoms with van der Waals surface area (Å²) in [5.74, 6) is 1.51. The molecule has 4 bridgehead atoms. The van der Waals surface area contributed by atoms with Crippen molar-refractivity contribution in [2.75, 3.05) is 7.11 Å². The first kappa shape index (κ1) is 9.25. The molecule has 1 N–H and O–H groups in total. The van der Waals surface area contributed by atoms with Crippen LogP contribution >= 0.6 is 0 Å². The van der Waals surface area contributed by atoms with E-state index in [1.54, 1.807) is 7.11 Å². The smallest absolute Gasteiger partial charge is 0.309 e. The molecule has 0 aliphatic heterocycles. The van der Waals surface area contributed by atoms with Crippen LogP contribution in [0.1, 0.15) is 32.1 Å². The van der Waals surface area contributed by atoms with E-state index in [-0.39, 0.29) is 0 Å². The molecule has 2 saturated carbocycles. The Hall–Kier alpha value is -0.990. The maximum atomic E-state index is 11.4. The van der Waals surface area contributed by atoms with Gasteiger partial charge in [-0.05, 0) is 43.6 Å². The number of hydrogen-bond donors (Lipinski definition) is 1. The van der Waals surface area contributed by atoms with Crippen LogP contribution in [0.2, 0.25) is 0 Å². The SMILES string of the molecule is COC1=C2C[C@H]3C[C@@H]1C[C@@](C(=O)O)(C2)C3. The average Bonchev–Trinajstić information content (AvgIpc) is 2.16. The van der Waals surface area contributed by atoms with Crippen LogP contribution in [-0.4, -0.2) is 18.2 Å². The van der Waals surface area contributed by atoms with E-state index >= 15 is 0 Å². The van der Waals surface area contributed by atoms with Crippen LogP contribution in [0.25, 0.3) is 0 Å². The van der Waals surface area contributed by atoms with Gasteiger partial charge >= 0.3 is 5.97 Å². The lowest BCUT2D eigenvalue weighted by Gasteiger charge is -2.51. The van der Waals surface area contributed by atoms with Crippen LogP contribution < -0.4 is 0 Å². The first-order valence-electron chi connectivity index (χ1n) is 5.64. The number of allylic oxidation sites excluding steroid dienone is 2. The van der Waals surface area contributed by atoms with Gasteiger partial charge in [-0.15, -0.1) is 0 Å². The zero-order valence-electron chi connectivity index (χ0n) is 8.95. The lowest BCUT2D eigenvalue weighted by molar-refractivity contribution is -0.156. The molecule has 0 spiro atoms. The fraction of sp³-hybridized carbons (Fsp3) is 0.750. The fourth-order valence-corrected chi connectivity index (χ4v) is 4.04. The van der Waals surface area contributed by atoms with Crippen molar-refractivity contribution in [1.82, 2.24) is 0 Å². The van der Waals surface area contributed by atoms with Gasteiger partial charge in [0.25, 0.3) is 0 Å². The van der Waals surface area contributed by atoms with E-state index in [1.165, 1.54) is 5.57 Å². The summed E-state index contributed by atoms with van der Waals surface area (Å²) < 4.78 is 5.44. The maximum absolute atomic E-state index is 11.4. The number of methoxy groups -OCH3 is 1. The van der Waals surface area contributed by atoms with Crippen LogP contribution in [0.4, 0.5) is 0 Å². The highest BCUT2D eigenvalue weighted by molar-refractivity contribution is 5.76. The molecule has 4 aliphatic carbocycles. The van der Waals surface area contributed by atoms with Crippen molar-refractivity contribution in [1.29, 1.82) is 0 Å². The van der Waals surface area contributed by atoms with Crippen LogP contribution in [-0.2, 0) is 9.53 Å². The second kappa shape index (κ2) is 2.77. The first-order valence-corrected chi connectivity index (χ1v) is 5.64. The Balaban J connectivity index is 2.04. The van der Waals surface area contributed by atoms with Crippen LogP contribution in [0, 0.1) is 17.3 Å². The third-order valence-electron chi connectivity index (χ3n) is 4.41. The van der Waals surface area contributed by atoms with Crippen molar-refractivity contribution in [2.24, 2.45) is 17.3 Å². The molecule has 0 aromatic rings. The van der Waals surface area contributed by atoms with E-state index in [1.807, 2.05) is 0 Å². The largest absolute Gasteiger partial charge is 0.501 e. The summed E-state index contributed by atoms with van der Waals surface area (Å²) in [5, 5.41) is 9.37. The molecule has 0 heterocycles. The highest BCUT2D eigenvalue weighted by Gasteiger charge is 2.55. The van der Waals surface area contributed by atoms with Gasteiger partial charge in [-0.25, -0.2) is 0 Å². The Morgan fingerprint density at radius 2 is 2.33 bits per heavy atom. The quantitative estimate of drug-likeness (QED) is 0.756. The van der Waals surface area contributed by atoms with Crippen molar-refractivity contribution < 1.29 is 14.6 Å². The molecule has 2 fully saturated rings. The summed E-state index contributed by atoms with van der Waals surface area (Å²) in [6.45, 7) is 0. The summed E-state index contributed by atoms with van der Waals surface area (Å²) in [5.41, 5.74) is 0.849. The number of ether oxygens (including phenoxy) is 1. The third kappa shape index (κ3) is 1.09. The highest BCUT2D eigenvalue weighted by Crippen LogP contribution is 2.59. The standard InChI is InChI=1S/C12H16O3/c1-15-10-8-2-7-3-9(10)6-12(4-7,5-8)11(13)14/h7-8H,2-6H2,1H3,(H,13,14)/t7-,8-,12-/m1/s1. The first-order chi connectivity index (χ1) is 7.14. The molecule has 3 nitrogen and oxygen atoms in total. The van der Waals surface area contributed by atoms with Crippen molar-refractivity contribution in [3.05, 3.63) is 11.3 Å². The molecule has 0 radical (unpaired) electrons. The molecular weight excluding hydrogens is 192 g/mol. The Morgan fingerprint density at radius 1 is 1.53 bits per heavy atom. The Morgan fingerprint density at radius 3 is 2.93 bits per heavy atom. The average molecular weight is 208 g/mol. The van der Waals surface area contributed by atoms with E-state index in [9.17, 15) is 9.90 Å². The monoisotopic (exact) mass is 208 g/mol. The minimum atomic E-state index is -0.593. The van der Waals surface area contributed by atoms with Gasteiger partial charge in [0.05, 0.1) is 18.3 Å². The minimum Gasteiger partial charge on any atom is -0.501 e. The second-order valence-electron chi connectivity index (χ2n) is 5.35. The normalized spacial score (nSPS) is 42.2. The van der Waals surface area contributed by atoms with Gasteiger partial charge in [0.2, 0.25) is 0 Å². The van der Waals surface area contributed by atoms with Gasteiger partial charge in [-0.1, -0.05) is 0 Å². The predicted octanol–water partition coefficient (Wildman–Crippen LogP) is 2.18. The number of hydrogen-bond acceptors (Lipinski definition) is 2. The third-order valence-corrected chi connectivity index (χ3v) is 4.41. The number of carboxylic acids is 1. The minimum absolute atomic E-state index is 0.391. The van der Waals surface area contributed by atoms with Gasteiger partial charge in [0, 0.05) is 5.92 Å². The van der Waals surface area contributed by atoms with Crippen molar-refractivity contribution in [2.45, 2.75) is 32.1 Å². The van der Waals surface area contributed by atoms with Crippen molar-refractivity contribution in [3.63, 3.8) is 0 Å². The summed E-state index contributed by atoms with van der Waals surface area (Å²) >= 11 is 0. The fourth-order valence-electron chi connectivity index (χ4n) is 4.04. The molecule has 0 amide bonds. The van der Waals surface area contributed by atoms with E-state index in [0.29, 0.717) is 11.8 Å². The topological polar surface area (TPSA) is 46.5 Å². The molecular formula is C12H16O3. The van der Waals surface area contributed by atoms with Crippen LogP contribution in [0.5, 0.6) is 0 Å². The van der Waals surface area contributed by atoms with Gasteiger partial charge in [0.1, 0.15) is 0 Å². The molecule has 82 valence electrons. The molecule has 0 aromatic heterocycles. The van der Waals surface area contributed by atoms with E-state index in [0.717, 1.165) is 37.9 Å². The van der Waals surface area contributed by atoms with Crippen molar-refractivity contribution in [3.8, 4) is 0 Å². The summed E-state index contributed by atoms with van der Waals surface area (Å²) in [4.78, 5) is 11.4. The van der Waals surface area contributed by atoms with Crippen molar-refractivity contribution >= 4 is 5.97 Å². The Labute approximate surface area is 89.1 Å².